The van der Waals surface area contributed by atoms with Gasteiger partial charge >= 0.3 is 6.03 Å². The van der Waals surface area contributed by atoms with Crippen LogP contribution in [0.25, 0.3) is 0 Å². The fraction of sp³-hybridized carbons (Fsp3) is 0.500. The number of nitrogens with one attached hydrogen (secondary N) is 4. The predicted molar refractivity (Wildman–Crippen MR) is 103 cm³/mol. The number of hydrogen-bond donors (Lipinski definition) is 4. The molecule has 0 unspecified atom stereocenters. The maximum absolute atomic E-state index is 12.0. The summed E-state index contributed by atoms with van der Waals surface area (Å²) in [6.07, 6.45) is 3.27. The molecular weight excluding hydrogens is 352 g/mol. The van der Waals surface area contributed by atoms with E-state index in [1.807, 2.05) is 11.8 Å². The van der Waals surface area contributed by atoms with Crippen molar-refractivity contribution in [3.05, 3.63) is 24.3 Å². The summed E-state index contributed by atoms with van der Waals surface area (Å²) in [4.78, 5) is 34.4. The molecule has 2 aliphatic heterocycles. The first kappa shape index (κ1) is 18.6. The SMILES string of the molecule is CC(=O)Nc1ccc(NC(=O)CCCC[C@H]2SC[C@@H]3NC(=O)N[C@H]32)cc1. The molecule has 140 valence electrons. The molecule has 1 aromatic rings. The van der Waals surface area contributed by atoms with Crippen molar-refractivity contribution in [3.8, 4) is 0 Å². The predicted octanol–water partition coefficient (Wildman–Crippen LogP) is 2.31. The first-order chi connectivity index (χ1) is 12.5. The molecule has 0 spiro atoms. The molecule has 0 aromatic heterocycles. The van der Waals surface area contributed by atoms with Gasteiger partial charge in [-0.3, -0.25) is 9.59 Å². The largest absolute Gasteiger partial charge is 0.332 e. The molecule has 3 atom stereocenters. The highest BCUT2D eigenvalue weighted by atomic mass is 32.2. The van der Waals surface area contributed by atoms with Crippen LogP contribution in [-0.2, 0) is 9.59 Å². The number of hydrogen-bond acceptors (Lipinski definition) is 4. The molecule has 8 heteroatoms. The van der Waals surface area contributed by atoms with Gasteiger partial charge in [0.15, 0.2) is 0 Å². The molecule has 26 heavy (non-hydrogen) atoms. The van der Waals surface area contributed by atoms with Crippen LogP contribution in [-0.4, -0.2) is 40.9 Å². The molecule has 0 saturated carbocycles. The standard InChI is InChI=1S/C18H24N4O3S/c1-11(23)19-12-6-8-13(9-7-12)20-16(24)5-3-2-4-15-17-14(10-26-15)21-18(25)22-17/h6-9,14-15,17H,2-5,10H2,1H3,(H,19,23)(H,20,24)(H2,21,22,25)/t14-,15+,17+/m0/s1. The van der Waals surface area contributed by atoms with Crippen molar-refractivity contribution >= 4 is 41.0 Å². The summed E-state index contributed by atoms with van der Waals surface area (Å²) in [5.41, 5.74) is 1.43. The van der Waals surface area contributed by atoms with Crippen LogP contribution in [0.4, 0.5) is 16.2 Å². The third-order valence-corrected chi connectivity index (χ3v) is 6.08. The zero-order valence-corrected chi connectivity index (χ0v) is 15.5. The van der Waals surface area contributed by atoms with Crippen LogP contribution in [0.15, 0.2) is 24.3 Å². The van der Waals surface area contributed by atoms with E-state index in [4.69, 9.17) is 0 Å². The lowest BCUT2D eigenvalue weighted by Gasteiger charge is -2.16. The summed E-state index contributed by atoms with van der Waals surface area (Å²) in [5, 5.41) is 11.9. The summed E-state index contributed by atoms with van der Waals surface area (Å²) >= 11 is 1.90. The summed E-state index contributed by atoms with van der Waals surface area (Å²) in [6.45, 7) is 1.46. The Hall–Kier alpha value is -2.22. The summed E-state index contributed by atoms with van der Waals surface area (Å²) in [5.74, 6) is 0.829. The molecule has 2 saturated heterocycles. The fourth-order valence-corrected chi connectivity index (χ4v) is 4.88. The minimum Gasteiger partial charge on any atom is -0.332 e. The Morgan fingerprint density at radius 3 is 2.50 bits per heavy atom. The maximum atomic E-state index is 12.0. The van der Waals surface area contributed by atoms with Crippen LogP contribution in [0.3, 0.4) is 0 Å². The van der Waals surface area contributed by atoms with Gasteiger partial charge in [-0.05, 0) is 37.1 Å². The quantitative estimate of drug-likeness (QED) is 0.433. The van der Waals surface area contributed by atoms with Gasteiger partial charge in [0.2, 0.25) is 11.8 Å². The van der Waals surface area contributed by atoms with Crippen LogP contribution >= 0.6 is 11.8 Å². The Morgan fingerprint density at radius 2 is 1.81 bits per heavy atom. The lowest BCUT2D eigenvalue weighted by Crippen LogP contribution is -2.36. The van der Waals surface area contributed by atoms with Crippen LogP contribution < -0.4 is 21.3 Å². The Labute approximate surface area is 157 Å². The van der Waals surface area contributed by atoms with Crippen molar-refractivity contribution in [2.45, 2.75) is 49.9 Å². The molecule has 3 rings (SSSR count). The minimum absolute atomic E-state index is 0.00920. The van der Waals surface area contributed by atoms with E-state index in [-0.39, 0.29) is 29.9 Å². The number of carbonyl (C=O) groups excluding carboxylic acids is 3. The molecular formula is C18H24N4O3S. The van der Waals surface area contributed by atoms with E-state index in [2.05, 4.69) is 21.3 Å². The molecule has 2 fully saturated rings. The molecule has 1 aromatic carbocycles. The van der Waals surface area contributed by atoms with E-state index in [1.165, 1.54) is 6.92 Å². The third-order valence-electron chi connectivity index (χ3n) is 4.57. The van der Waals surface area contributed by atoms with Gasteiger partial charge in [0.25, 0.3) is 0 Å². The number of anilines is 2. The van der Waals surface area contributed by atoms with Gasteiger partial charge in [0.05, 0.1) is 12.1 Å². The van der Waals surface area contributed by atoms with E-state index in [0.29, 0.717) is 17.4 Å². The monoisotopic (exact) mass is 376 g/mol. The highest BCUT2D eigenvalue weighted by molar-refractivity contribution is 8.00. The van der Waals surface area contributed by atoms with E-state index < -0.39 is 0 Å². The van der Waals surface area contributed by atoms with Gasteiger partial charge < -0.3 is 21.3 Å². The van der Waals surface area contributed by atoms with E-state index in [9.17, 15) is 14.4 Å². The second-order valence-electron chi connectivity index (χ2n) is 6.67. The van der Waals surface area contributed by atoms with Gasteiger partial charge in [-0.15, -0.1) is 0 Å². The van der Waals surface area contributed by atoms with Crippen molar-refractivity contribution < 1.29 is 14.4 Å². The zero-order chi connectivity index (χ0) is 18.5. The zero-order valence-electron chi connectivity index (χ0n) is 14.7. The molecule has 2 aliphatic rings. The number of carbonyl (C=O) groups is 3. The average molecular weight is 376 g/mol. The van der Waals surface area contributed by atoms with Gasteiger partial charge in [0, 0.05) is 35.7 Å². The molecule has 4 N–H and O–H groups in total. The first-order valence-corrected chi connectivity index (χ1v) is 9.92. The third kappa shape index (κ3) is 4.91. The smallest absolute Gasteiger partial charge is 0.315 e. The van der Waals surface area contributed by atoms with Gasteiger partial charge in [0.1, 0.15) is 0 Å². The average Bonchev–Trinajstić information content (AvgIpc) is 3.12. The van der Waals surface area contributed by atoms with Gasteiger partial charge in [-0.2, -0.15) is 11.8 Å². The van der Waals surface area contributed by atoms with E-state index >= 15 is 0 Å². The normalized spacial score (nSPS) is 23.7. The lowest BCUT2D eigenvalue weighted by molar-refractivity contribution is -0.116. The lowest BCUT2D eigenvalue weighted by atomic mass is 10.0. The first-order valence-electron chi connectivity index (χ1n) is 8.87. The van der Waals surface area contributed by atoms with Crippen LogP contribution in [0.5, 0.6) is 0 Å². The number of fused-ring (bicyclic) bond motifs is 1. The highest BCUT2D eigenvalue weighted by Crippen LogP contribution is 2.33. The van der Waals surface area contributed by atoms with Crippen molar-refractivity contribution in [1.82, 2.24) is 10.6 Å². The van der Waals surface area contributed by atoms with Crippen LogP contribution in [0.1, 0.15) is 32.6 Å². The van der Waals surface area contributed by atoms with E-state index in [0.717, 1.165) is 30.7 Å². The van der Waals surface area contributed by atoms with Crippen LogP contribution in [0.2, 0.25) is 0 Å². The number of amides is 4. The van der Waals surface area contributed by atoms with Crippen molar-refractivity contribution in [3.63, 3.8) is 0 Å². The number of rotatable bonds is 7. The highest BCUT2D eigenvalue weighted by Gasteiger charge is 2.42. The Morgan fingerprint density at radius 1 is 1.12 bits per heavy atom. The Kier molecular flexibility index (Phi) is 6.03. The van der Waals surface area contributed by atoms with Crippen molar-refractivity contribution in [2.24, 2.45) is 0 Å². The van der Waals surface area contributed by atoms with Gasteiger partial charge in [-0.25, -0.2) is 4.79 Å². The summed E-state index contributed by atoms with van der Waals surface area (Å²) in [7, 11) is 0. The molecule has 0 bridgehead atoms. The summed E-state index contributed by atoms with van der Waals surface area (Å²) < 4.78 is 0. The molecule has 0 aliphatic carbocycles. The number of benzene rings is 1. The number of unbranched alkanes of at least 4 members (excludes halogenated alkanes) is 1. The molecule has 4 amide bonds. The fourth-order valence-electron chi connectivity index (χ4n) is 3.34. The second-order valence-corrected chi connectivity index (χ2v) is 7.95. The van der Waals surface area contributed by atoms with Gasteiger partial charge in [-0.1, -0.05) is 6.42 Å². The minimum atomic E-state index is -0.124. The molecule has 2 heterocycles. The topological polar surface area (TPSA) is 99.3 Å². The van der Waals surface area contributed by atoms with Crippen molar-refractivity contribution in [1.29, 1.82) is 0 Å². The molecule has 0 radical (unpaired) electrons. The second kappa shape index (κ2) is 8.44. The van der Waals surface area contributed by atoms with Crippen LogP contribution in [0, 0.1) is 0 Å². The molecule has 7 nitrogen and oxygen atoms in total. The Bertz CT molecular complexity index is 680. The summed E-state index contributed by atoms with van der Waals surface area (Å²) in [6, 6.07) is 7.48. The number of thioether (sulfide) groups is 1. The number of urea groups is 1. The van der Waals surface area contributed by atoms with E-state index in [1.54, 1.807) is 24.3 Å². The maximum Gasteiger partial charge on any atom is 0.315 e. The van der Waals surface area contributed by atoms with Crippen molar-refractivity contribution in [2.75, 3.05) is 16.4 Å². The Balaban J connectivity index is 1.34.